The molecule has 1 aromatic carbocycles. The van der Waals surface area contributed by atoms with Crippen LogP contribution in [0.4, 0.5) is 5.82 Å². The molecular weight excluding hydrogens is 390 g/mol. The van der Waals surface area contributed by atoms with Crippen molar-refractivity contribution in [1.29, 1.82) is 0 Å². The standard InChI is InChI=1S/C22H26ClN3O3/c1-16-5-2-3-6-19(16)29-14-4-7-21(27)26-12-10-17(11-13-26)22(28)25-20-9-8-18(23)15-24-20/h2-3,5-6,8-9,15,17H,4,7,10-14H2,1H3,(H,24,25,28). The first-order chi connectivity index (χ1) is 14.0. The summed E-state index contributed by atoms with van der Waals surface area (Å²) >= 11 is 5.81. The second-order valence-corrected chi connectivity index (χ2v) is 7.66. The molecule has 1 saturated heterocycles. The Labute approximate surface area is 176 Å². The lowest BCUT2D eigenvalue weighted by atomic mass is 9.95. The number of piperidine rings is 1. The summed E-state index contributed by atoms with van der Waals surface area (Å²) in [5.41, 5.74) is 1.09. The van der Waals surface area contributed by atoms with Gasteiger partial charge in [-0.1, -0.05) is 29.8 Å². The number of pyridine rings is 1. The van der Waals surface area contributed by atoms with Crippen LogP contribution in [0.3, 0.4) is 0 Å². The van der Waals surface area contributed by atoms with Crippen molar-refractivity contribution >= 4 is 29.2 Å². The van der Waals surface area contributed by atoms with Gasteiger partial charge in [0.1, 0.15) is 11.6 Å². The highest BCUT2D eigenvalue weighted by molar-refractivity contribution is 6.30. The summed E-state index contributed by atoms with van der Waals surface area (Å²) in [5.74, 6) is 1.31. The van der Waals surface area contributed by atoms with Gasteiger partial charge in [-0.05, 0) is 49.9 Å². The molecule has 0 aliphatic carbocycles. The second kappa shape index (κ2) is 10.3. The summed E-state index contributed by atoms with van der Waals surface area (Å²) in [6.07, 6.45) is 3.95. The third-order valence-corrected chi connectivity index (χ3v) is 5.31. The molecule has 1 aliphatic heterocycles. The van der Waals surface area contributed by atoms with Crippen molar-refractivity contribution in [3.8, 4) is 5.75 Å². The predicted molar refractivity (Wildman–Crippen MR) is 113 cm³/mol. The molecule has 1 N–H and O–H groups in total. The first-order valence-electron chi connectivity index (χ1n) is 9.91. The fraction of sp³-hybridized carbons (Fsp3) is 0.409. The van der Waals surface area contributed by atoms with Gasteiger partial charge < -0.3 is 15.0 Å². The Morgan fingerprint density at radius 3 is 2.66 bits per heavy atom. The van der Waals surface area contributed by atoms with Crippen LogP contribution in [0.1, 0.15) is 31.2 Å². The quantitative estimate of drug-likeness (QED) is 0.691. The molecule has 1 fully saturated rings. The number of amides is 2. The monoisotopic (exact) mass is 415 g/mol. The Balaban J connectivity index is 1.36. The summed E-state index contributed by atoms with van der Waals surface area (Å²) in [5, 5.41) is 3.34. The zero-order chi connectivity index (χ0) is 20.6. The van der Waals surface area contributed by atoms with E-state index in [4.69, 9.17) is 16.3 Å². The molecule has 29 heavy (non-hydrogen) atoms. The van der Waals surface area contributed by atoms with Gasteiger partial charge in [0.15, 0.2) is 0 Å². The molecule has 0 unspecified atom stereocenters. The fourth-order valence-corrected chi connectivity index (χ4v) is 3.46. The van der Waals surface area contributed by atoms with Crippen molar-refractivity contribution in [3.63, 3.8) is 0 Å². The number of nitrogens with zero attached hydrogens (tertiary/aromatic N) is 2. The molecule has 6 nitrogen and oxygen atoms in total. The number of rotatable bonds is 7. The number of likely N-dealkylation sites (tertiary alicyclic amines) is 1. The van der Waals surface area contributed by atoms with Crippen LogP contribution >= 0.6 is 11.6 Å². The number of hydrogen-bond donors (Lipinski definition) is 1. The van der Waals surface area contributed by atoms with E-state index in [1.807, 2.05) is 36.1 Å². The number of para-hydroxylation sites is 1. The summed E-state index contributed by atoms with van der Waals surface area (Å²) < 4.78 is 5.75. The molecule has 0 atom stereocenters. The molecule has 2 aromatic rings. The average molecular weight is 416 g/mol. The lowest BCUT2D eigenvalue weighted by Crippen LogP contribution is -2.41. The third-order valence-electron chi connectivity index (χ3n) is 5.08. The molecule has 0 saturated carbocycles. The molecule has 2 amide bonds. The lowest BCUT2D eigenvalue weighted by Gasteiger charge is -2.31. The van der Waals surface area contributed by atoms with Gasteiger partial charge in [-0.2, -0.15) is 0 Å². The summed E-state index contributed by atoms with van der Waals surface area (Å²) in [6, 6.07) is 11.2. The van der Waals surface area contributed by atoms with Gasteiger partial charge in [0.05, 0.1) is 11.6 Å². The highest BCUT2D eigenvalue weighted by Crippen LogP contribution is 2.21. The van der Waals surface area contributed by atoms with E-state index in [9.17, 15) is 9.59 Å². The number of carbonyl (C=O) groups is 2. The lowest BCUT2D eigenvalue weighted by molar-refractivity contribution is -0.134. The molecule has 0 bridgehead atoms. The summed E-state index contributed by atoms with van der Waals surface area (Å²) in [7, 11) is 0. The maximum absolute atomic E-state index is 12.4. The zero-order valence-electron chi connectivity index (χ0n) is 16.6. The van der Waals surface area contributed by atoms with Gasteiger partial charge in [-0.15, -0.1) is 0 Å². The molecule has 1 aliphatic rings. The first-order valence-corrected chi connectivity index (χ1v) is 10.3. The van der Waals surface area contributed by atoms with Crippen LogP contribution in [0.5, 0.6) is 5.75 Å². The number of hydrogen-bond acceptors (Lipinski definition) is 4. The number of nitrogens with one attached hydrogen (secondary N) is 1. The molecule has 154 valence electrons. The largest absolute Gasteiger partial charge is 0.493 e. The van der Waals surface area contributed by atoms with E-state index >= 15 is 0 Å². The van der Waals surface area contributed by atoms with Crippen LogP contribution in [-0.2, 0) is 9.59 Å². The molecule has 0 spiro atoms. The van der Waals surface area contributed by atoms with Crippen LogP contribution in [0.2, 0.25) is 5.02 Å². The van der Waals surface area contributed by atoms with E-state index in [-0.39, 0.29) is 17.7 Å². The van der Waals surface area contributed by atoms with Crippen molar-refractivity contribution in [2.24, 2.45) is 5.92 Å². The smallest absolute Gasteiger partial charge is 0.228 e. The zero-order valence-corrected chi connectivity index (χ0v) is 17.3. The minimum atomic E-state index is -0.110. The van der Waals surface area contributed by atoms with Crippen molar-refractivity contribution in [2.45, 2.75) is 32.6 Å². The number of benzene rings is 1. The predicted octanol–water partition coefficient (Wildman–Crippen LogP) is 4.08. The molecular formula is C22H26ClN3O3. The van der Waals surface area contributed by atoms with E-state index < -0.39 is 0 Å². The maximum atomic E-state index is 12.4. The molecule has 7 heteroatoms. The third kappa shape index (κ3) is 6.19. The highest BCUT2D eigenvalue weighted by Gasteiger charge is 2.27. The number of aryl methyl sites for hydroxylation is 1. The van der Waals surface area contributed by atoms with E-state index in [1.165, 1.54) is 6.20 Å². The Bertz CT molecular complexity index is 833. The SMILES string of the molecule is Cc1ccccc1OCCCC(=O)N1CCC(C(=O)Nc2ccc(Cl)cn2)CC1. The summed E-state index contributed by atoms with van der Waals surface area (Å²) in [4.78, 5) is 30.8. The normalized spacial score (nSPS) is 14.5. The summed E-state index contributed by atoms with van der Waals surface area (Å²) in [6.45, 7) is 3.72. The Hall–Kier alpha value is -2.60. The van der Waals surface area contributed by atoms with E-state index in [1.54, 1.807) is 12.1 Å². The molecule has 2 heterocycles. The van der Waals surface area contributed by atoms with Crippen molar-refractivity contribution in [2.75, 3.05) is 25.0 Å². The van der Waals surface area contributed by atoms with Crippen LogP contribution in [0.25, 0.3) is 0 Å². The van der Waals surface area contributed by atoms with Crippen LogP contribution < -0.4 is 10.1 Å². The van der Waals surface area contributed by atoms with Gasteiger partial charge >= 0.3 is 0 Å². The van der Waals surface area contributed by atoms with Crippen LogP contribution in [0, 0.1) is 12.8 Å². The molecule has 3 rings (SSSR count). The van der Waals surface area contributed by atoms with E-state index in [2.05, 4.69) is 10.3 Å². The molecule has 0 radical (unpaired) electrons. The Kier molecular flexibility index (Phi) is 7.47. The Morgan fingerprint density at radius 2 is 1.97 bits per heavy atom. The van der Waals surface area contributed by atoms with Crippen molar-refractivity contribution in [3.05, 3.63) is 53.2 Å². The molecule has 1 aromatic heterocycles. The van der Waals surface area contributed by atoms with Gasteiger partial charge in [-0.25, -0.2) is 4.98 Å². The minimum Gasteiger partial charge on any atom is -0.493 e. The van der Waals surface area contributed by atoms with Crippen molar-refractivity contribution in [1.82, 2.24) is 9.88 Å². The number of halogens is 1. The van der Waals surface area contributed by atoms with E-state index in [0.717, 1.165) is 11.3 Å². The second-order valence-electron chi connectivity index (χ2n) is 7.22. The first kappa shape index (κ1) is 21.1. The number of anilines is 1. The Morgan fingerprint density at radius 1 is 1.21 bits per heavy atom. The topological polar surface area (TPSA) is 71.5 Å². The van der Waals surface area contributed by atoms with Crippen molar-refractivity contribution < 1.29 is 14.3 Å². The number of carbonyl (C=O) groups excluding carboxylic acids is 2. The van der Waals surface area contributed by atoms with E-state index in [0.29, 0.717) is 56.2 Å². The number of aromatic nitrogens is 1. The average Bonchev–Trinajstić information content (AvgIpc) is 2.74. The highest BCUT2D eigenvalue weighted by atomic mass is 35.5. The van der Waals surface area contributed by atoms with Gasteiger partial charge in [0.2, 0.25) is 11.8 Å². The minimum absolute atomic E-state index is 0.0569. The van der Waals surface area contributed by atoms with Crippen LogP contribution in [-0.4, -0.2) is 41.4 Å². The van der Waals surface area contributed by atoms with Gasteiger partial charge in [0.25, 0.3) is 0 Å². The fourth-order valence-electron chi connectivity index (χ4n) is 3.35. The van der Waals surface area contributed by atoms with Crippen LogP contribution in [0.15, 0.2) is 42.6 Å². The number of ether oxygens (including phenoxy) is 1. The van der Waals surface area contributed by atoms with Gasteiger partial charge in [-0.3, -0.25) is 9.59 Å². The maximum Gasteiger partial charge on any atom is 0.228 e. The van der Waals surface area contributed by atoms with Gasteiger partial charge in [0, 0.05) is 31.6 Å².